The van der Waals surface area contributed by atoms with Crippen LogP contribution in [0.25, 0.3) is 10.8 Å². The Hall–Kier alpha value is -3.47. The summed E-state index contributed by atoms with van der Waals surface area (Å²) < 4.78 is 16.2. The minimum atomic E-state index is -0.663. The summed E-state index contributed by atoms with van der Waals surface area (Å²) in [6.07, 6.45) is 3.62. The molecule has 0 saturated heterocycles. The molecule has 3 aromatic carbocycles. The Kier molecular flexibility index (Phi) is 4.89. The molecule has 0 aliphatic heterocycles. The molecule has 0 aliphatic rings. The average molecular weight is 373 g/mol. The average Bonchev–Trinajstić information content (AvgIpc) is 3.13. The largest absolute Gasteiger partial charge is 0.342 e. The SMILES string of the molecule is Cn1ccnc1[C@@H](NC(=O)Cc1cccc2ccccc12)c1ccccc1F. The molecule has 28 heavy (non-hydrogen) atoms. The lowest BCUT2D eigenvalue weighted by molar-refractivity contribution is -0.121. The van der Waals surface area contributed by atoms with Crippen molar-refractivity contribution in [2.45, 2.75) is 12.5 Å². The first-order valence-corrected chi connectivity index (χ1v) is 9.11. The molecular formula is C23H20FN3O. The molecule has 4 nitrogen and oxygen atoms in total. The Balaban J connectivity index is 1.64. The van der Waals surface area contributed by atoms with Crippen molar-refractivity contribution >= 4 is 16.7 Å². The highest BCUT2D eigenvalue weighted by atomic mass is 19.1. The van der Waals surface area contributed by atoms with Crippen molar-refractivity contribution in [3.05, 3.63) is 102 Å². The molecule has 140 valence electrons. The monoisotopic (exact) mass is 373 g/mol. The van der Waals surface area contributed by atoms with Gasteiger partial charge in [0.05, 0.1) is 6.42 Å². The van der Waals surface area contributed by atoms with Gasteiger partial charge < -0.3 is 9.88 Å². The van der Waals surface area contributed by atoms with Crippen molar-refractivity contribution in [3.8, 4) is 0 Å². The number of halogens is 1. The van der Waals surface area contributed by atoms with Crippen LogP contribution in [0.15, 0.2) is 79.1 Å². The fraction of sp³-hybridized carbons (Fsp3) is 0.130. The first-order valence-electron chi connectivity index (χ1n) is 9.11. The van der Waals surface area contributed by atoms with Crippen LogP contribution in [0.1, 0.15) is 23.0 Å². The van der Waals surface area contributed by atoms with Gasteiger partial charge in [-0.15, -0.1) is 0 Å². The third-order valence-corrected chi connectivity index (χ3v) is 4.87. The molecule has 0 bridgehead atoms. The second-order valence-corrected chi connectivity index (χ2v) is 6.73. The fourth-order valence-electron chi connectivity index (χ4n) is 3.48. The molecule has 1 heterocycles. The zero-order valence-electron chi connectivity index (χ0n) is 15.5. The number of imidazole rings is 1. The van der Waals surface area contributed by atoms with E-state index in [4.69, 9.17) is 0 Å². The highest BCUT2D eigenvalue weighted by Gasteiger charge is 2.23. The van der Waals surface area contributed by atoms with E-state index in [-0.39, 0.29) is 18.1 Å². The van der Waals surface area contributed by atoms with E-state index < -0.39 is 6.04 Å². The van der Waals surface area contributed by atoms with Gasteiger partial charge in [0.1, 0.15) is 17.7 Å². The molecule has 1 aromatic heterocycles. The summed E-state index contributed by atoms with van der Waals surface area (Å²) in [6, 6.07) is 19.7. The van der Waals surface area contributed by atoms with E-state index in [1.165, 1.54) is 6.07 Å². The van der Waals surface area contributed by atoms with Crippen LogP contribution in [0, 0.1) is 5.82 Å². The number of aromatic nitrogens is 2. The maximum absolute atomic E-state index is 14.5. The predicted molar refractivity (Wildman–Crippen MR) is 107 cm³/mol. The van der Waals surface area contributed by atoms with Gasteiger partial charge in [0.15, 0.2) is 0 Å². The van der Waals surface area contributed by atoms with Crippen LogP contribution in [0.5, 0.6) is 0 Å². The van der Waals surface area contributed by atoms with Gasteiger partial charge in [-0.3, -0.25) is 4.79 Å². The molecule has 1 N–H and O–H groups in total. The molecule has 0 fully saturated rings. The van der Waals surface area contributed by atoms with Gasteiger partial charge in [-0.2, -0.15) is 0 Å². The molecule has 0 radical (unpaired) electrons. The summed E-state index contributed by atoms with van der Waals surface area (Å²) in [5.41, 5.74) is 1.32. The zero-order valence-corrected chi connectivity index (χ0v) is 15.5. The van der Waals surface area contributed by atoms with E-state index in [1.54, 1.807) is 35.2 Å². The predicted octanol–water partition coefficient (Wildman–Crippen LogP) is 4.16. The van der Waals surface area contributed by atoms with Crippen molar-refractivity contribution < 1.29 is 9.18 Å². The Morgan fingerprint density at radius 2 is 1.82 bits per heavy atom. The van der Waals surface area contributed by atoms with E-state index >= 15 is 0 Å². The number of hydrogen-bond donors (Lipinski definition) is 1. The van der Waals surface area contributed by atoms with Gasteiger partial charge in [-0.1, -0.05) is 60.7 Å². The molecular weight excluding hydrogens is 353 g/mol. The lowest BCUT2D eigenvalue weighted by Gasteiger charge is -2.20. The number of carbonyl (C=O) groups excluding carboxylic acids is 1. The van der Waals surface area contributed by atoms with Crippen molar-refractivity contribution in [2.24, 2.45) is 7.05 Å². The lowest BCUT2D eigenvalue weighted by Crippen LogP contribution is -2.32. The number of nitrogens with one attached hydrogen (secondary N) is 1. The van der Waals surface area contributed by atoms with Crippen molar-refractivity contribution in [1.29, 1.82) is 0 Å². The van der Waals surface area contributed by atoms with Gasteiger partial charge in [0.25, 0.3) is 0 Å². The van der Waals surface area contributed by atoms with Crippen LogP contribution in [-0.4, -0.2) is 15.5 Å². The molecule has 1 amide bonds. The van der Waals surface area contributed by atoms with Crippen LogP contribution in [0.4, 0.5) is 4.39 Å². The van der Waals surface area contributed by atoms with Gasteiger partial charge in [0, 0.05) is 25.0 Å². The van der Waals surface area contributed by atoms with E-state index in [1.807, 2.05) is 49.5 Å². The van der Waals surface area contributed by atoms with Crippen LogP contribution >= 0.6 is 0 Å². The topological polar surface area (TPSA) is 46.9 Å². The van der Waals surface area contributed by atoms with Crippen LogP contribution in [0.3, 0.4) is 0 Å². The Labute approximate surface area is 162 Å². The van der Waals surface area contributed by atoms with E-state index in [2.05, 4.69) is 10.3 Å². The zero-order chi connectivity index (χ0) is 19.5. The molecule has 0 aliphatic carbocycles. The smallest absolute Gasteiger partial charge is 0.225 e. The summed E-state index contributed by atoms with van der Waals surface area (Å²) in [5, 5.41) is 5.10. The van der Waals surface area contributed by atoms with Crippen LogP contribution in [-0.2, 0) is 18.3 Å². The maximum Gasteiger partial charge on any atom is 0.225 e. The third-order valence-electron chi connectivity index (χ3n) is 4.87. The van der Waals surface area contributed by atoms with Crippen molar-refractivity contribution in [3.63, 3.8) is 0 Å². The molecule has 4 aromatic rings. The lowest BCUT2D eigenvalue weighted by atomic mass is 10.0. The van der Waals surface area contributed by atoms with Crippen molar-refractivity contribution in [2.75, 3.05) is 0 Å². The number of amides is 1. The summed E-state index contributed by atoms with van der Waals surface area (Å²) in [7, 11) is 1.83. The van der Waals surface area contributed by atoms with E-state index in [9.17, 15) is 9.18 Å². The molecule has 5 heteroatoms. The molecule has 0 saturated carbocycles. The Morgan fingerprint density at radius 3 is 2.61 bits per heavy atom. The van der Waals surface area contributed by atoms with Crippen molar-refractivity contribution in [1.82, 2.24) is 14.9 Å². The Bertz CT molecular complexity index is 1130. The second kappa shape index (κ2) is 7.64. The Morgan fingerprint density at radius 1 is 1.07 bits per heavy atom. The minimum Gasteiger partial charge on any atom is -0.342 e. The highest BCUT2D eigenvalue weighted by molar-refractivity contribution is 5.90. The highest BCUT2D eigenvalue weighted by Crippen LogP contribution is 2.24. The van der Waals surface area contributed by atoms with Gasteiger partial charge in [-0.25, -0.2) is 9.37 Å². The summed E-state index contributed by atoms with van der Waals surface area (Å²) in [4.78, 5) is 17.2. The summed E-state index contributed by atoms with van der Waals surface area (Å²) in [5.74, 6) is 0.0185. The minimum absolute atomic E-state index is 0.187. The first-order chi connectivity index (χ1) is 13.6. The number of nitrogens with zero attached hydrogens (tertiary/aromatic N) is 2. The summed E-state index contributed by atoms with van der Waals surface area (Å²) >= 11 is 0. The standard InChI is InChI=1S/C23H20FN3O/c1-27-14-13-25-23(27)22(19-11-4-5-12-20(19)24)26-21(28)15-17-9-6-8-16-7-2-3-10-18(16)17/h2-14,22H,15H2,1H3,(H,26,28)/t22-/m0/s1. The molecule has 0 spiro atoms. The van der Waals surface area contributed by atoms with Gasteiger partial charge in [0.2, 0.25) is 5.91 Å². The quantitative estimate of drug-likeness (QED) is 0.571. The van der Waals surface area contributed by atoms with E-state index in [0.29, 0.717) is 11.4 Å². The number of hydrogen-bond acceptors (Lipinski definition) is 2. The van der Waals surface area contributed by atoms with Crippen LogP contribution < -0.4 is 5.32 Å². The van der Waals surface area contributed by atoms with Gasteiger partial charge in [-0.05, 0) is 22.4 Å². The number of fused-ring (bicyclic) bond motifs is 1. The number of rotatable bonds is 5. The second-order valence-electron chi connectivity index (χ2n) is 6.73. The normalized spacial score (nSPS) is 12.1. The van der Waals surface area contributed by atoms with Gasteiger partial charge >= 0.3 is 0 Å². The number of carbonyl (C=O) groups is 1. The van der Waals surface area contributed by atoms with Crippen LogP contribution in [0.2, 0.25) is 0 Å². The number of benzene rings is 3. The van der Waals surface area contributed by atoms with E-state index in [0.717, 1.165) is 16.3 Å². The number of aryl methyl sites for hydroxylation is 1. The molecule has 0 unspecified atom stereocenters. The first kappa shape index (κ1) is 17.9. The maximum atomic E-state index is 14.5. The fourth-order valence-corrected chi connectivity index (χ4v) is 3.48. The summed E-state index contributed by atoms with van der Waals surface area (Å²) in [6.45, 7) is 0. The molecule has 1 atom stereocenters. The molecule has 4 rings (SSSR count). The third kappa shape index (κ3) is 3.51.